The van der Waals surface area contributed by atoms with Crippen LogP contribution < -0.4 is 0 Å². The highest BCUT2D eigenvalue weighted by Gasteiger charge is 2.78. The molecule has 0 spiro atoms. The van der Waals surface area contributed by atoms with Crippen molar-refractivity contribution in [3.05, 3.63) is 35.9 Å². The van der Waals surface area contributed by atoms with Crippen LogP contribution >= 0.6 is 0 Å². The van der Waals surface area contributed by atoms with E-state index in [0.717, 1.165) is 31.2 Å². The standard InChI is InChI=1S/C23H26N4O2/c1-3-4-5-9-12-19-22(14-24,15-25)23(16-26)18(13-17-10-7-6-8-11-17)21(2,28-19)29-20(23)27/h6-8,10-11,18-19,27H,3-5,9,12-13H2,1-2H3. The Morgan fingerprint density at radius 3 is 2.31 bits per heavy atom. The molecule has 4 unspecified atom stereocenters. The third-order valence-corrected chi connectivity index (χ3v) is 6.43. The lowest BCUT2D eigenvalue weighted by molar-refractivity contribution is -0.270. The average Bonchev–Trinajstić information content (AvgIpc) is 2.89. The fourth-order valence-corrected chi connectivity index (χ4v) is 4.87. The Bertz CT molecular complexity index is 880. The summed E-state index contributed by atoms with van der Waals surface area (Å²) in [7, 11) is 0. The van der Waals surface area contributed by atoms with Crippen LogP contribution in [0.4, 0.5) is 0 Å². The molecule has 2 saturated heterocycles. The number of unbranched alkanes of at least 4 members (excludes halogenated alkanes) is 3. The zero-order valence-corrected chi connectivity index (χ0v) is 16.9. The molecule has 3 rings (SSSR count). The van der Waals surface area contributed by atoms with Crippen molar-refractivity contribution < 1.29 is 9.47 Å². The minimum atomic E-state index is -1.79. The molecular formula is C23H26N4O2. The van der Waals surface area contributed by atoms with Gasteiger partial charge in [0.2, 0.25) is 11.7 Å². The zero-order chi connectivity index (χ0) is 21.1. The number of benzene rings is 1. The number of fused-ring (bicyclic) bond motifs is 2. The zero-order valence-electron chi connectivity index (χ0n) is 16.9. The Morgan fingerprint density at radius 1 is 1.03 bits per heavy atom. The second-order valence-corrected chi connectivity index (χ2v) is 8.10. The lowest BCUT2D eigenvalue weighted by Gasteiger charge is -2.48. The molecular weight excluding hydrogens is 364 g/mol. The van der Waals surface area contributed by atoms with E-state index >= 15 is 0 Å². The van der Waals surface area contributed by atoms with Gasteiger partial charge in [-0.15, -0.1) is 0 Å². The molecule has 6 nitrogen and oxygen atoms in total. The number of hydrogen-bond donors (Lipinski definition) is 1. The summed E-state index contributed by atoms with van der Waals surface area (Å²) in [5.74, 6) is -2.20. The molecule has 2 fully saturated rings. The van der Waals surface area contributed by atoms with Crippen molar-refractivity contribution in [2.45, 2.75) is 64.3 Å². The molecule has 0 aliphatic carbocycles. The first-order chi connectivity index (χ1) is 13.9. The molecule has 1 aromatic carbocycles. The molecule has 2 bridgehead atoms. The maximum absolute atomic E-state index is 10.3. The molecule has 0 saturated carbocycles. The highest BCUT2D eigenvalue weighted by Crippen LogP contribution is 2.63. The van der Waals surface area contributed by atoms with E-state index in [2.05, 4.69) is 25.1 Å². The van der Waals surface area contributed by atoms with Crippen LogP contribution in [-0.2, 0) is 15.9 Å². The summed E-state index contributed by atoms with van der Waals surface area (Å²) in [5, 5.41) is 39.1. The van der Waals surface area contributed by atoms with Crippen LogP contribution in [0.2, 0.25) is 0 Å². The van der Waals surface area contributed by atoms with Gasteiger partial charge in [0.1, 0.15) is 0 Å². The lowest BCUT2D eigenvalue weighted by atomic mass is 9.53. The molecule has 4 atom stereocenters. The molecule has 0 amide bonds. The normalized spacial score (nSPS) is 31.9. The van der Waals surface area contributed by atoms with E-state index in [1.54, 1.807) is 6.92 Å². The molecule has 2 aliphatic rings. The Balaban J connectivity index is 2.07. The molecule has 2 heterocycles. The Morgan fingerprint density at radius 2 is 1.72 bits per heavy atom. The van der Waals surface area contributed by atoms with E-state index in [4.69, 9.17) is 14.9 Å². The molecule has 2 aliphatic heterocycles. The van der Waals surface area contributed by atoms with Gasteiger partial charge < -0.3 is 9.47 Å². The number of hydrogen-bond acceptors (Lipinski definition) is 6. The van der Waals surface area contributed by atoms with Gasteiger partial charge in [-0.05, 0) is 18.4 Å². The fraction of sp³-hybridized carbons (Fsp3) is 0.565. The van der Waals surface area contributed by atoms with Gasteiger partial charge in [-0.25, -0.2) is 0 Å². The van der Waals surface area contributed by atoms with Gasteiger partial charge >= 0.3 is 0 Å². The Labute approximate surface area is 172 Å². The van der Waals surface area contributed by atoms with Crippen molar-refractivity contribution in [3.8, 4) is 18.2 Å². The van der Waals surface area contributed by atoms with E-state index in [1.165, 1.54) is 0 Å². The van der Waals surface area contributed by atoms with Crippen molar-refractivity contribution in [2.75, 3.05) is 0 Å². The van der Waals surface area contributed by atoms with Crippen molar-refractivity contribution in [1.82, 2.24) is 0 Å². The summed E-state index contributed by atoms with van der Waals surface area (Å²) in [5.41, 5.74) is -2.52. The van der Waals surface area contributed by atoms with Gasteiger partial charge in [0.25, 0.3) is 0 Å². The molecule has 29 heavy (non-hydrogen) atoms. The summed E-state index contributed by atoms with van der Waals surface area (Å²) in [6.07, 6.45) is 3.95. The number of nitrogens with one attached hydrogen (secondary N) is 1. The van der Waals surface area contributed by atoms with Gasteiger partial charge in [0, 0.05) is 6.92 Å². The van der Waals surface area contributed by atoms with Gasteiger partial charge in [-0.3, -0.25) is 5.41 Å². The minimum Gasteiger partial charge on any atom is -0.448 e. The van der Waals surface area contributed by atoms with E-state index in [1.807, 2.05) is 30.3 Å². The maximum atomic E-state index is 10.3. The van der Waals surface area contributed by atoms with Crippen molar-refractivity contribution in [1.29, 1.82) is 21.2 Å². The first-order valence-electron chi connectivity index (χ1n) is 10.2. The fourth-order valence-electron chi connectivity index (χ4n) is 4.87. The molecule has 1 aromatic rings. The Kier molecular flexibility index (Phi) is 5.65. The number of nitriles is 3. The highest BCUT2D eigenvalue weighted by molar-refractivity contribution is 5.89. The summed E-state index contributed by atoms with van der Waals surface area (Å²) in [4.78, 5) is 0. The molecule has 0 aromatic heterocycles. The predicted octanol–water partition coefficient (Wildman–Crippen LogP) is 4.48. The molecule has 0 radical (unpaired) electrons. The molecule has 6 heteroatoms. The Hall–Kier alpha value is -2.88. The van der Waals surface area contributed by atoms with Gasteiger partial charge in [-0.2, -0.15) is 15.8 Å². The maximum Gasteiger partial charge on any atom is 0.214 e. The van der Waals surface area contributed by atoms with Crippen molar-refractivity contribution in [3.63, 3.8) is 0 Å². The van der Waals surface area contributed by atoms with E-state index in [9.17, 15) is 15.8 Å². The summed E-state index contributed by atoms with van der Waals surface area (Å²) < 4.78 is 12.1. The van der Waals surface area contributed by atoms with Gasteiger partial charge in [-0.1, -0.05) is 62.9 Å². The first-order valence-corrected chi connectivity index (χ1v) is 10.2. The third kappa shape index (κ3) is 2.98. The second kappa shape index (κ2) is 7.86. The van der Waals surface area contributed by atoms with E-state index in [0.29, 0.717) is 12.8 Å². The van der Waals surface area contributed by atoms with Crippen LogP contribution in [0.1, 0.15) is 51.5 Å². The third-order valence-electron chi connectivity index (χ3n) is 6.43. The monoisotopic (exact) mass is 390 g/mol. The largest absolute Gasteiger partial charge is 0.448 e. The van der Waals surface area contributed by atoms with Gasteiger partial charge in [0.05, 0.1) is 30.2 Å². The smallest absolute Gasteiger partial charge is 0.214 e. The summed E-state index contributed by atoms with van der Waals surface area (Å²) >= 11 is 0. The SMILES string of the molecule is CCCCCCC1OC2(C)OC(=N)C(C#N)(C2Cc2ccccc2)C1(C#N)C#N. The summed E-state index contributed by atoms with van der Waals surface area (Å²) in [6.45, 7) is 3.84. The van der Waals surface area contributed by atoms with E-state index in [-0.39, 0.29) is 5.90 Å². The number of ether oxygens (including phenoxy) is 2. The first kappa shape index (κ1) is 20.8. The highest BCUT2D eigenvalue weighted by atomic mass is 16.7. The quantitative estimate of drug-likeness (QED) is 0.689. The lowest BCUT2D eigenvalue weighted by Crippen LogP contribution is -2.62. The van der Waals surface area contributed by atoms with Crippen LogP contribution in [0.3, 0.4) is 0 Å². The summed E-state index contributed by atoms with van der Waals surface area (Å²) in [6, 6.07) is 16.0. The van der Waals surface area contributed by atoms with Crippen LogP contribution in [0.15, 0.2) is 30.3 Å². The second-order valence-electron chi connectivity index (χ2n) is 8.10. The van der Waals surface area contributed by atoms with Crippen molar-refractivity contribution >= 4 is 5.90 Å². The van der Waals surface area contributed by atoms with E-state index < -0.39 is 28.6 Å². The van der Waals surface area contributed by atoms with Crippen LogP contribution in [0, 0.1) is 56.2 Å². The molecule has 150 valence electrons. The molecule has 1 N–H and O–H groups in total. The average molecular weight is 390 g/mol. The van der Waals surface area contributed by atoms with Crippen LogP contribution in [0.25, 0.3) is 0 Å². The van der Waals surface area contributed by atoms with Crippen LogP contribution in [-0.4, -0.2) is 17.8 Å². The van der Waals surface area contributed by atoms with Gasteiger partial charge in [0.15, 0.2) is 10.8 Å². The van der Waals surface area contributed by atoms with Crippen molar-refractivity contribution in [2.24, 2.45) is 16.7 Å². The number of rotatable bonds is 7. The predicted molar refractivity (Wildman–Crippen MR) is 106 cm³/mol. The van der Waals surface area contributed by atoms with Crippen LogP contribution in [0.5, 0.6) is 0 Å². The topological polar surface area (TPSA) is 114 Å². The minimum absolute atomic E-state index is 0.331. The number of nitrogens with zero attached hydrogens (tertiary/aromatic N) is 3.